The minimum absolute atomic E-state index is 0.279. The summed E-state index contributed by atoms with van der Waals surface area (Å²) < 4.78 is 49.0. The molecule has 0 radical (unpaired) electrons. The Labute approximate surface area is 79.6 Å². The summed E-state index contributed by atoms with van der Waals surface area (Å²) in [4.78, 5) is 0. The Morgan fingerprint density at radius 2 is 1.57 bits per heavy atom. The Balaban J connectivity index is 2.44. The summed E-state index contributed by atoms with van der Waals surface area (Å²) in [7, 11) is -1.79. The Bertz CT molecular complexity index is 353. The zero-order valence-corrected chi connectivity index (χ0v) is 7.86. The van der Waals surface area contributed by atoms with E-state index in [1.807, 2.05) is 0 Å². The third-order valence-electron chi connectivity index (χ3n) is 1.70. The number of hydrogen-bond acceptors (Lipinski definition) is 2. The van der Waals surface area contributed by atoms with E-state index in [0.717, 1.165) is 12.1 Å². The maximum absolute atomic E-state index is 13.2. The highest BCUT2D eigenvalue weighted by molar-refractivity contribution is 7.56. The van der Waals surface area contributed by atoms with Gasteiger partial charge in [-0.2, -0.15) is 0 Å². The summed E-state index contributed by atoms with van der Waals surface area (Å²) in [5.74, 6) is -3.15. The van der Waals surface area contributed by atoms with Crippen LogP contribution in [-0.2, 0) is 9.05 Å². The molecule has 0 aromatic heterocycles. The normalized spacial score (nSPS) is 17.6. The molecule has 0 atom stereocenters. The van der Waals surface area contributed by atoms with Gasteiger partial charge in [-0.3, -0.25) is 0 Å². The van der Waals surface area contributed by atoms with Crippen LogP contribution in [0.3, 0.4) is 0 Å². The Kier molecular flexibility index (Phi) is 2.72. The van der Waals surface area contributed by atoms with Crippen LogP contribution in [0.4, 0.5) is 13.2 Å². The summed E-state index contributed by atoms with van der Waals surface area (Å²) in [6.45, 7) is 0.558. The molecule has 0 bridgehead atoms. The fraction of sp³-hybridized carbons (Fsp3) is 0.250. The van der Waals surface area contributed by atoms with Crippen LogP contribution in [-0.4, -0.2) is 13.2 Å². The van der Waals surface area contributed by atoms with Crippen molar-refractivity contribution < 1.29 is 22.2 Å². The highest BCUT2D eigenvalue weighted by Gasteiger charge is 2.28. The van der Waals surface area contributed by atoms with Gasteiger partial charge in [0.1, 0.15) is 11.1 Å². The first-order valence-electron chi connectivity index (χ1n) is 3.89. The molecule has 1 heterocycles. The summed E-state index contributed by atoms with van der Waals surface area (Å²) in [5, 5.41) is -0.433. The largest absolute Gasteiger partial charge is 0.328 e. The molecule has 1 saturated heterocycles. The van der Waals surface area contributed by atoms with Crippen molar-refractivity contribution in [3.05, 3.63) is 29.6 Å². The lowest BCUT2D eigenvalue weighted by atomic mass is 10.3. The van der Waals surface area contributed by atoms with E-state index in [9.17, 15) is 13.2 Å². The van der Waals surface area contributed by atoms with Gasteiger partial charge in [-0.05, 0) is 12.1 Å². The average Bonchev–Trinajstić information content (AvgIpc) is 2.65. The molecular weight excluding hydrogens is 216 g/mol. The third-order valence-corrected chi connectivity index (χ3v) is 3.31. The first-order valence-corrected chi connectivity index (χ1v) is 5.07. The zero-order chi connectivity index (χ0) is 10.1. The quantitative estimate of drug-likeness (QED) is 0.535. The minimum Gasteiger partial charge on any atom is -0.328 e. The van der Waals surface area contributed by atoms with Gasteiger partial charge in [0.15, 0.2) is 11.6 Å². The predicted molar refractivity (Wildman–Crippen MR) is 44.8 cm³/mol. The molecule has 0 unspecified atom stereocenters. The molecule has 2 nitrogen and oxygen atoms in total. The molecule has 0 N–H and O–H groups in total. The maximum Gasteiger partial charge on any atom is 0.211 e. The van der Waals surface area contributed by atoms with Crippen molar-refractivity contribution >= 4 is 13.7 Å². The molecule has 6 heteroatoms. The Morgan fingerprint density at radius 1 is 1.00 bits per heavy atom. The number of hydrogen-bond donors (Lipinski definition) is 0. The monoisotopic (exact) mass is 222 g/mol. The highest BCUT2D eigenvalue weighted by atomic mass is 31.2. The maximum atomic E-state index is 13.2. The minimum atomic E-state index is -1.79. The van der Waals surface area contributed by atoms with E-state index >= 15 is 0 Å². The number of rotatable bonds is 1. The molecule has 1 aromatic carbocycles. The van der Waals surface area contributed by atoms with Crippen molar-refractivity contribution in [2.75, 3.05) is 13.2 Å². The van der Waals surface area contributed by atoms with Crippen molar-refractivity contribution in [2.24, 2.45) is 0 Å². The Hall–Kier alpha value is -0.640. The van der Waals surface area contributed by atoms with Crippen LogP contribution in [0.2, 0.25) is 0 Å². The van der Waals surface area contributed by atoms with Crippen molar-refractivity contribution in [1.82, 2.24) is 0 Å². The fourth-order valence-electron chi connectivity index (χ4n) is 1.09. The third kappa shape index (κ3) is 1.63. The first-order chi connectivity index (χ1) is 6.70. The van der Waals surface area contributed by atoms with Crippen LogP contribution in [0, 0.1) is 17.5 Å². The van der Waals surface area contributed by atoms with E-state index in [4.69, 9.17) is 9.05 Å². The van der Waals surface area contributed by atoms with E-state index < -0.39 is 31.1 Å². The molecule has 14 heavy (non-hydrogen) atoms. The van der Waals surface area contributed by atoms with Gasteiger partial charge in [0.05, 0.1) is 13.2 Å². The van der Waals surface area contributed by atoms with Gasteiger partial charge in [-0.15, -0.1) is 0 Å². The van der Waals surface area contributed by atoms with Gasteiger partial charge in [0.2, 0.25) is 8.38 Å². The number of halogens is 3. The lowest BCUT2D eigenvalue weighted by Gasteiger charge is -2.09. The molecule has 0 spiro atoms. The van der Waals surface area contributed by atoms with Crippen LogP contribution >= 0.6 is 8.38 Å². The van der Waals surface area contributed by atoms with Crippen LogP contribution in [0.1, 0.15) is 0 Å². The van der Waals surface area contributed by atoms with E-state index in [0.29, 0.717) is 0 Å². The second-order valence-corrected chi connectivity index (χ2v) is 4.09. The zero-order valence-electron chi connectivity index (χ0n) is 6.97. The van der Waals surface area contributed by atoms with Crippen LogP contribution < -0.4 is 5.30 Å². The van der Waals surface area contributed by atoms with E-state index in [1.165, 1.54) is 0 Å². The van der Waals surface area contributed by atoms with Gasteiger partial charge >= 0.3 is 0 Å². The molecule has 1 fully saturated rings. The lowest BCUT2D eigenvalue weighted by molar-refractivity contribution is 0.365. The van der Waals surface area contributed by atoms with Crippen LogP contribution in [0.15, 0.2) is 12.1 Å². The second kappa shape index (κ2) is 3.85. The molecule has 0 aliphatic carbocycles. The lowest BCUT2D eigenvalue weighted by Crippen LogP contribution is -2.14. The topological polar surface area (TPSA) is 18.5 Å². The molecule has 2 rings (SSSR count). The molecule has 1 aliphatic rings. The highest BCUT2D eigenvalue weighted by Crippen LogP contribution is 2.42. The fourth-order valence-corrected chi connectivity index (χ4v) is 2.42. The smallest absolute Gasteiger partial charge is 0.211 e. The number of benzene rings is 1. The molecule has 0 saturated carbocycles. The van der Waals surface area contributed by atoms with Gasteiger partial charge in [-0.25, -0.2) is 13.2 Å². The van der Waals surface area contributed by atoms with Crippen molar-refractivity contribution in [1.29, 1.82) is 0 Å². The average molecular weight is 222 g/mol. The van der Waals surface area contributed by atoms with Gasteiger partial charge in [-0.1, -0.05) is 0 Å². The van der Waals surface area contributed by atoms with Crippen LogP contribution in [0.5, 0.6) is 0 Å². The predicted octanol–water partition coefficient (Wildman–Crippen LogP) is 2.09. The van der Waals surface area contributed by atoms with E-state index in [-0.39, 0.29) is 13.2 Å². The Morgan fingerprint density at radius 3 is 2.21 bits per heavy atom. The summed E-state index contributed by atoms with van der Waals surface area (Å²) in [5.41, 5.74) is 0. The van der Waals surface area contributed by atoms with Crippen molar-refractivity contribution in [2.45, 2.75) is 0 Å². The summed E-state index contributed by atoms with van der Waals surface area (Å²) >= 11 is 0. The molecule has 76 valence electrons. The van der Waals surface area contributed by atoms with E-state index in [1.54, 1.807) is 0 Å². The molecule has 1 aliphatic heterocycles. The van der Waals surface area contributed by atoms with Crippen LogP contribution in [0.25, 0.3) is 0 Å². The standard InChI is InChI=1S/C8H6F3O2P/c9-5-1-2-6(10)8(7(5)11)14-12-3-4-13-14/h1-2H,3-4H2. The summed E-state index contributed by atoms with van der Waals surface area (Å²) in [6, 6.07) is 1.60. The molecule has 0 amide bonds. The molecule has 1 aromatic rings. The van der Waals surface area contributed by atoms with Gasteiger partial charge < -0.3 is 9.05 Å². The molecular formula is C8H6F3O2P. The van der Waals surface area contributed by atoms with E-state index in [2.05, 4.69) is 0 Å². The van der Waals surface area contributed by atoms with Gasteiger partial charge in [0.25, 0.3) is 0 Å². The first kappa shape index (κ1) is 9.90. The SMILES string of the molecule is Fc1ccc(F)c(P2OCCO2)c1F. The second-order valence-electron chi connectivity index (χ2n) is 2.62. The van der Waals surface area contributed by atoms with Gasteiger partial charge in [0, 0.05) is 0 Å². The summed E-state index contributed by atoms with van der Waals surface area (Å²) in [6.07, 6.45) is 0. The van der Waals surface area contributed by atoms with Crippen molar-refractivity contribution in [3.8, 4) is 0 Å². The van der Waals surface area contributed by atoms with Crippen molar-refractivity contribution in [3.63, 3.8) is 0 Å².